The quantitative estimate of drug-likeness (QED) is 0.0739. The second kappa shape index (κ2) is 15.9. The number of aryl methyl sites for hydroxylation is 1. The first-order chi connectivity index (χ1) is 25.7. The van der Waals surface area contributed by atoms with Crippen LogP contribution in [0.25, 0.3) is 0 Å². The number of aromatic nitrogens is 4. The lowest BCUT2D eigenvalue weighted by atomic mass is 9.93. The smallest absolute Gasteiger partial charge is 0.433 e. The third kappa shape index (κ3) is 11.4. The number of benzene rings is 2. The maximum Gasteiger partial charge on any atom is 0.433 e. The number of carbonyl (C=O) groups is 3. The molecule has 0 radical (unpaired) electrons. The summed E-state index contributed by atoms with van der Waals surface area (Å²) in [5.74, 6) is -2.78. The lowest BCUT2D eigenvalue weighted by molar-refractivity contribution is -0.154. The van der Waals surface area contributed by atoms with Crippen molar-refractivity contribution in [3.05, 3.63) is 88.2 Å². The minimum absolute atomic E-state index is 0.0240. The first-order valence-electron chi connectivity index (χ1n) is 16.5. The molecule has 0 atom stereocenters. The molecule has 20 heteroatoms. The fraction of sp³-hybridized carbons (Fsp3) is 0.343. The molecule has 5 N–H and O–H groups in total. The first kappa shape index (κ1) is 40.5. The number of nitrogens with one attached hydrogen (secondary N) is 5. The van der Waals surface area contributed by atoms with Crippen molar-refractivity contribution in [1.82, 2.24) is 30.6 Å². The van der Waals surface area contributed by atoms with Gasteiger partial charge in [0, 0.05) is 29.4 Å². The SMILES string of the molecule is Cc1nc(C(F)(F)F)ccc1NC(=O)C(=O)NCC(C)(C)CNC(=O)c1ccc(Nc2nc(NC3(c4ccc(Cl)cc4)CC3)nc(OCC(F)(F)F)n2)cc1. The van der Waals surface area contributed by atoms with Gasteiger partial charge in [0.25, 0.3) is 5.91 Å². The summed E-state index contributed by atoms with van der Waals surface area (Å²) in [5, 5.41) is 14.0. The number of pyridine rings is 1. The van der Waals surface area contributed by atoms with Crippen LogP contribution in [-0.2, 0) is 21.3 Å². The van der Waals surface area contributed by atoms with E-state index in [1.807, 2.05) is 12.1 Å². The van der Waals surface area contributed by atoms with Gasteiger partial charge in [0.1, 0.15) is 5.69 Å². The second-order valence-corrected chi connectivity index (χ2v) is 13.8. The Labute approximate surface area is 315 Å². The minimum Gasteiger partial charge on any atom is -0.454 e. The number of ether oxygens (including phenoxy) is 1. The number of anilines is 4. The van der Waals surface area contributed by atoms with Crippen molar-refractivity contribution < 1.29 is 45.5 Å². The number of carbonyl (C=O) groups excluding carboxylic acids is 3. The van der Waals surface area contributed by atoms with E-state index in [0.717, 1.165) is 11.6 Å². The molecule has 1 fully saturated rings. The number of rotatable bonds is 13. The second-order valence-electron chi connectivity index (χ2n) is 13.4. The topological polar surface area (TPSA) is 172 Å². The fourth-order valence-corrected chi connectivity index (χ4v) is 5.15. The van der Waals surface area contributed by atoms with E-state index in [1.165, 1.54) is 31.2 Å². The lowest BCUT2D eigenvalue weighted by Crippen LogP contribution is -2.45. The van der Waals surface area contributed by atoms with E-state index >= 15 is 0 Å². The van der Waals surface area contributed by atoms with Crippen LogP contribution < -0.4 is 31.3 Å². The molecule has 4 aromatic rings. The van der Waals surface area contributed by atoms with Crippen molar-refractivity contribution in [1.29, 1.82) is 0 Å². The fourth-order valence-electron chi connectivity index (χ4n) is 5.02. The largest absolute Gasteiger partial charge is 0.454 e. The van der Waals surface area contributed by atoms with Crippen LogP contribution in [0.15, 0.2) is 60.7 Å². The maximum absolute atomic E-state index is 12.9. The minimum atomic E-state index is -4.67. The van der Waals surface area contributed by atoms with E-state index in [9.17, 15) is 40.7 Å². The van der Waals surface area contributed by atoms with Gasteiger partial charge in [-0.2, -0.15) is 41.3 Å². The molecule has 2 aromatic heterocycles. The zero-order valence-corrected chi connectivity index (χ0v) is 30.1. The molecule has 55 heavy (non-hydrogen) atoms. The summed E-state index contributed by atoms with van der Waals surface area (Å²) in [6.07, 6.45) is -7.89. The predicted octanol–water partition coefficient (Wildman–Crippen LogP) is 6.54. The van der Waals surface area contributed by atoms with Crippen LogP contribution in [-0.4, -0.2) is 63.5 Å². The van der Waals surface area contributed by atoms with Crippen LogP contribution in [0.5, 0.6) is 6.01 Å². The first-order valence-corrected chi connectivity index (χ1v) is 16.9. The summed E-state index contributed by atoms with van der Waals surface area (Å²) < 4.78 is 82.2. The molecule has 1 aliphatic carbocycles. The molecule has 0 spiro atoms. The number of halogens is 7. The van der Waals surface area contributed by atoms with Crippen molar-refractivity contribution >= 4 is 52.6 Å². The summed E-state index contributed by atoms with van der Waals surface area (Å²) in [6, 6.07) is 14.2. The van der Waals surface area contributed by atoms with Gasteiger partial charge in [-0.05, 0) is 79.3 Å². The molecule has 0 aliphatic heterocycles. The maximum atomic E-state index is 12.9. The summed E-state index contributed by atoms with van der Waals surface area (Å²) in [4.78, 5) is 53.4. The van der Waals surface area contributed by atoms with E-state index in [-0.39, 0.29) is 41.9 Å². The Morgan fingerprint density at radius 1 is 0.800 bits per heavy atom. The van der Waals surface area contributed by atoms with Crippen LogP contribution in [0.2, 0.25) is 5.02 Å². The van der Waals surface area contributed by atoms with Gasteiger partial charge in [-0.15, -0.1) is 0 Å². The van der Waals surface area contributed by atoms with Gasteiger partial charge in [0.05, 0.1) is 16.9 Å². The molecule has 0 saturated heterocycles. The number of alkyl halides is 6. The highest BCUT2D eigenvalue weighted by Gasteiger charge is 2.45. The van der Waals surface area contributed by atoms with Gasteiger partial charge in [-0.25, -0.2) is 4.98 Å². The average molecular weight is 794 g/mol. The van der Waals surface area contributed by atoms with Crippen LogP contribution in [0.1, 0.15) is 54.0 Å². The molecule has 0 unspecified atom stereocenters. The van der Waals surface area contributed by atoms with Crippen LogP contribution in [0.4, 0.5) is 49.6 Å². The molecule has 0 bridgehead atoms. The highest BCUT2D eigenvalue weighted by atomic mass is 35.5. The molecule has 13 nitrogen and oxygen atoms in total. The van der Waals surface area contributed by atoms with Gasteiger partial charge >= 0.3 is 30.2 Å². The molecule has 2 heterocycles. The van der Waals surface area contributed by atoms with Crippen molar-refractivity contribution in [2.24, 2.45) is 5.41 Å². The zero-order chi connectivity index (χ0) is 40.2. The summed E-state index contributed by atoms with van der Waals surface area (Å²) >= 11 is 6.02. The standard InChI is InChI=1S/C35H34ClF6N9O4/c1-19-24(12-13-25(45-19)35(40,41)42)47-28(54)27(53)44-17-32(2,3)16-43-26(52)20-4-10-23(11-5-20)46-29-48-30(50-31(49-29)55-18-34(37,38)39)51-33(14-15-33)21-6-8-22(36)9-7-21/h4-13H,14-18H2,1-3H3,(H,43,52)(H,44,53)(H,47,54)(H2,46,48,49,50,51). The summed E-state index contributed by atoms with van der Waals surface area (Å²) in [7, 11) is 0. The van der Waals surface area contributed by atoms with E-state index in [4.69, 9.17) is 16.3 Å². The molecule has 2 aromatic carbocycles. The monoisotopic (exact) mass is 793 g/mol. The molecule has 292 valence electrons. The van der Waals surface area contributed by atoms with Crippen molar-refractivity contribution in [3.63, 3.8) is 0 Å². The molecule has 1 aliphatic rings. The van der Waals surface area contributed by atoms with Crippen LogP contribution in [0, 0.1) is 12.3 Å². The van der Waals surface area contributed by atoms with Gasteiger partial charge in [0.2, 0.25) is 11.9 Å². The Morgan fingerprint density at radius 2 is 1.44 bits per heavy atom. The van der Waals surface area contributed by atoms with Gasteiger partial charge in [-0.3, -0.25) is 14.4 Å². The Morgan fingerprint density at radius 3 is 2.04 bits per heavy atom. The summed E-state index contributed by atoms with van der Waals surface area (Å²) in [6.45, 7) is 3.08. The van der Waals surface area contributed by atoms with Gasteiger partial charge < -0.3 is 31.3 Å². The normalized spacial score (nSPS) is 13.7. The Kier molecular flexibility index (Phi) is 11.7. The van der Waals surface area contributed by atoms with Crippen molar-refractivity contribution in [3.8, 4) is 6.01 Å². The van der Waals surface area contributed by atoms with Crippen molar-refractivity contribution in [2.45, 2.75) is 51.5 Å². The number of amides is 3. The Hall–Kier alpha value is -5.72. The van der Waals surface area contributed by atoms with Crippen LogP contribution in [0.3, 0.4) is 0 Å². The van der Waals surface area contributed by atoms with E-state index < -0.39 is 59.3 Å². The van der Waals surface area contributed by atoms with Gasteiger partial charge in [0.15, 0.2) is 6.61 Å². The van der Waals surface area contributed by atoms with Crippen LogP contribution >= 0.6 is 11.6 Å². The van der Waals surface area contributed by atoms with Gasteiger partial charge in [-0.1, -0.05) is 37.6 Å². The van der Waals surface area contributed by atoms with E-state index in [2.05, 4.69) is 46.5 Å². The van der Waals surface area contributed by atoms with E-state index in [1.54, 1.807) is 26.0 Å². The lowest BCUT2D eigenvalue weighted by Gasteiger charge is -2.25. The number of nitrogens with zero attached hydrogens (tertiary/aromatic N) is 4. The average Bonchev–Trinajstić information content (AvgIpc) is 3.89. The Balaban J connectivity index is 1.16. The predicted molar refractivity (Wildman–Crippen MR) is 189 cm³/mol. The number of hydrogen-bond donors (Lipinski definition) is 5. The molecule has 3 amide bonds. The van der Waals surface area contributed by atoms with Crippen molar-refractivity contribution in [2.75, 3.05) is 35.6 Å². The zero-order valence-electron chi connectivity index (χ0n) is 29.4. The Bertz CT molecular complexity index is 2040. The van der Waals surface area contributed by atoms with E-state index in [0.29, 0.717) is 29.6 Å². The molecule has 5 rings (SSSR count). The molecule has 1 saturated carbocycles. The molecular weight excluding hydrogens is 760 g/mol. The third-order valence-electron chi connectivity index (χ3n) is 8.17. The highest BCUT2D eigenvalue weighted by molar-refractivity contribution is 6.39. The number of hydrogen-bond acceptors (Lipinski definition) is 10. The third-order valence-corrected chi connectivity index (χ3v) is 8.42. The molecular formula is C35H34ClF6N9O4. The highest BCUT2D eigenvalue weighted by Crippen LogP contribution is 2.48. The summed E-state index contributed by atoms with van der Waals surface area (Å²) in [5.41, 5.74) is -1.11.